The first-order valence-corrected chi connectivity index (χ1v) is 6.76. The van der Waals surface area contributed by atoms with E-state index in [9.17, 15) is 13.2 Å². The van der Waals surface area contributed by atoms with Crippen LogP contribution in [0.3, 0.4) is 0 Å². The first kappa shape index (κ1) is 17.0. The Balaban J connectivity index is 0.000000240. The summed E-state index contributed by atoms with van der Waals surface area (Å²) in [7, 11) is -4.43. The minimum Gasteiger partial charge on any atom is -0.741 e. The van der Waals surface area contributed by atoms with Crippen molar-refractivity contribution in [3.63, 3.8) is 0 Å². The van der Waals surface area contributed by atoms with Crippen molar-refractivity contribution in [2.24, 2.45) is 0 Å². The average Bonchev–Trinajstić information content (AvgIpc) is 2.91. The molecule has 0 aliphatic carbocycles. The summed E-state index contributed by atoms with van der Waals surface area (Å²) in [5.41, 5.74) is -4.53. The van der Waals surface area contributed by atoms with Crippen molar-refractivity contribution in [2.75, 3.05) is 7.11 Å². The highest BCUT2D eigenvalue weighted by Gasteiger charge is 2.36. The summed E-state index contributed by atoms with van der Waals surface area (Å²) >= 11 is 0. The summed E-state index contributed by atoms with van der Waals surface area (Å²) in [5.74, 6) is 0.875. The number of aromatic amines is 1. The average molecular weight is 324 g/mol. The van der Waals surface area contributed by atoms with E-state index in [0.29, 0.717) is 0 Å². The number of aromatic nitrogens is 2. The van der Waals surface area contributed by atoms with Gasteiger partial charge < -0.3 is 9.29 Å². The van der Waals surface area contributed by atoms with E-state index >= 15 is 0 Å². The molecule has 1 heterocycles. The lowest BCUT2D eigenvalue weighted by Gasteiger charge is -2.08. The maximum absolute atomic E-state index is 10.7. The topological polar surface area (TPSA) is 86.1 Å². The van der Waals surface area contributed by atoms with Crippen LogP contribution in [0, 0.1) is 0 Å². The Bertz CT molecular complexity index is 652. The molecule has 6 nitrogen and oxygen atoms in total. The monoisotopic (exact) mass is 324 g/mol. The molecule has 0 atom stereocenters. The molecule has 0 saturated heterocycles. The number of ether oxygens (including phenoxy) is 1. The molecule has 0 radical (unpaired) electrons. The minimum absolute atomic E-state index is 0.875. The Kier molecular flexibility index (Phi) is 5.33. The highest BCUT2D eigenvalue weighted by molar-refractivity contribution is 7.86. The van der Waals surface area contributed by atoms with E-state index in [2.05, 4.69) is 4.98 Å². The predicted molar refractivity (Wildman–Crippen MR) is 64.6 cm³/mol. The SMILES string of the molecule is COc1ccc(-[n+]2cc[nH]c2)cc1.O=S(=O)([O-])C(F)(F)F. The lowest BCUT2D eigenvalue weighted by Crippen LogP contribution is -2.26. The van der Waals surface area contributed by atoms with Crippen LogP contribution in [-0.4, -0.2) is 30.6 Å². The van der Waals surface area contributed by atoms with Crippen molar-refractivity contribution in [2.45, 2.75) is 5.51 Å². The number of methoxy groups -OCH3 is 1. The number of halogens is 3. The number of imidazole rings is 1. The number of H-pyrrole nitrogens is 1. The first-order valence-electron chi connectivity index (χ1n) is 5.36. The molecule has 1 N–H and O–H groups in total. The van der Waals surface area contributed by atoms with Crippen molar-refractivity contribution < 1.29 is 35.4 Å². The van der Waals surface area contributed by atoms with Gasteiger partial charge in [-0.25, -0.2) is 18.0 Å². The maximum Gasteiger partial charge on any atom is 0.485 e. The Morgan fingerprint density at radius 1 is 1.24 bits per heavy atom. The quantitative estimate of drug-likeness (QED) is 0.513. The lowest BCUT2D eigenvalue weighted by molar-refractivity contribution is -0.594. The standard InChI is InChI=1S/C10H10N2O.CHF3O3S/c1-13-10-4-2-9(3-5-10)12-7-6-11-8-12;2-1(3,4)8(5,6)7/h2-8H,1H3;(H,5,6,7). The zero-order valence-corrected chi connectivity index (χ0v) is 11.5. The molecule has 2 aromatic rings. The predicted octanol–water partition coefficient (Wildman–Crippen LogP) is 1.35. The van der Waals surface area contributed by atoms with Crippen molar-refractivity contribution in [3.8, 4) is 11.4 Å². The summed E-state index contributed by atoms with van der Waals surface area (Å²) in [6.45, 7) is 0. The molecule has 0 saturated carbocycles. The number of hydrogen-bond donors (Lipinski definition) is 1. The third kappa shape index (κ3) is 5.08. The van der Waals surface area contributed by atoms with Crippen LogP contribution in [-0.2, 0) is 10.1 Å². The number of rotatable bonds is 2. The molecule has 116 valence electrons. The van der Waals surface area contributed by atoms with Gasteiger partial charge in [0.1, 0.15) is 23.8 Å². The summed E-state index contributed by atoms with van der Waals surface area (Å²) in [6, 6.07) is 7.89. The normalized spacial score (nSPS) is 11.5. The fourth-order valence-corrected chi connectivity index (χ4v) is 1.20. The number of hydrogen-bond acceptors (Lipinski definition) is 4. The summed E-state index contributed by atoms with van der Waals surface area (Å²) in [6.07, 6.45) is 5.73. The van der Waals surface area contributed by atoms with Gasteiger partial charge in [0.25, 0.3) is 0 Å². The smallest absolute Gasteiger partial charge is 0.485 e. The molecule has 0 amide bonds. The highest BCUT2D eigenvalue weighted by Crippen LogP contribution is 2.20. The van der Waals surface area contributed by atoms with E-state index < -0.39 is 15.6 Å². The van der Waals surface area contributed by atoms with Gasteiger partial charge in [0.05, 0.1) is 7.11 Å². The molecule has 0 aliphatic rings. The largest absolute Gasteiger partial charge is 0.741 e. The summed E-state index contributed by atoms with van der Waals surface area (Å²) in [5, 5.41) is 0. The second kappa shape index (κ2) is 6.59. The molecule has 10 heteroatoms. The molecule has 1 aromatic carbocycles. The van der Waals surface area contributed by atoms with E-state index in [0.717, 1.165) is 11.4 Å². The molecule has 0 unspecified atom stereocenters. The van der Waals surface area contributed by atoms with Crippen LogP contribution in [0.15, 0.2) is 43.0 Å². The number of nitrogens with one attached hydrogen (secondary N) is 1. The molecule has 0 bridgehead atoms. The molecule has 0 fully saturated rings. The Hall–Kier alpha value is -2.07. The van der Waals surface area contributed by atoms with E-state index in [4.69, 9.17) is 17.7 Å². The third-order valence-electron chi connectivity index (χ3n) is 2.20. The van der Waals surface area contributed by atoms with E-state index in [1.54, 1.807) is 7.11 Å². The van der Waals surface area contributed by atoms with Crippen LogP contribution in [0.2, 0.25) is 0 Å². The number of benzene rings is 1. The molecule has 0 spiro atoms. The van der Waals surface area contributed by atoms with Gasteiger partial charge >= 0.3 is 5.51 Å². The van der Waals surface area contributed by atoms with E-state index in [1.165, 1.54) is 0 Å². The molecule has 21 heavy (non-hydrogen) atoms. The summed E-state index contributed by atoms with van der Waals surface area (Å²) in [4.78, 5) is 2.99. The Morgan fingerprint density at radius 2 is 1.76 bits per heavy atom. The number of alkyl halides is 3. The fraction of sp³-hybridized carbons (Fsp3) is 0.182. The van der Waals surface area contributed by atoms with Gasteiger partial charge in [0.2, 0.25) is 6.33 Å². The molecule has 1 aromatic heterocycles. The molecule has 2 rings (SSSR count). The fourth-order valence-electron chi connectivity index (χ4n) is 1.20. The Labute approximate surface area is 118 Å². The van der Waals surface area contributed by atoms with Gasteiger partial charge in [0, 0.05) is 0 Å². The first-order chi connectivity index (χ1) is 9.65. The lowest BCUT2D eigenvalue weighted by atomic mass is 10.3. The van der Waals surface area contributed by atoms with Gasteiger partial charge in [0.15, 0.2) is 10.1 Å². The van der Waals surface area contributed by atoms with Crippen molar-refractivity contribution in [3.05, 3.63) is 43.0 Å². The van der Waals surface area contributed by atoms with Gasteiger partial charge in [-0.2, -0.15) is 13.2 Å². The van der Waals surface area contributed by atoms with E-state index in [1.807, 2.05) is 47.6 Å². The second-order valence-corrected chi connectivity index (χ2v) is 4.99. The van der Waals surface area contributed by atoms with Gasteiger partial charge in [-0.3, -0.25) is 0 Å². The highest BCUT2D eigenvalue weighted by atomic mass is 32.2. The van der Waals surface area contributed by atoms with Crippen LogP contribution in [0.1, 0.15) is 0 Å². The van der Waals surface area contributed by atoms with Gasteiger partial charge in [-0.05, 0) is 24.3 Å². The van der Waals surface area contributed by atoms with Crippen LogP contribution < -0.4 is 9.30 Å². The van der Waals surface area contributed by atoms with Gasteiger partial charge in [-0.1, -0.05) is 0 Å². The van der Waals surface area contributed by atoms with Crippen molar-refractivity contribution in [1.29, 1.82) is 0 Å². The molecular weight excluding hydrogens is 313 g/mol. The van der Waals surface area contributed by atoms with Crippen LogP contribution in [0.5, 0.6) is 5.75 Å². The molecular formula is C11H11F3N2O4S. The van der Waals surface area contributed by atoms with Crippen molar-refractivity contribution >= 4 is 10.1 Å². The zero-order valence-electron chi connectivity index (χ0n) is 10.7. The zero-order chi connectivity index (χ0) is 16.1. The molecule has 0 aliphatic heterocycles. The van der Waals surface area contributed by atoms with Gasteiger partial charge in [-0.15, -0.1) is 0 Å². The van der Waals surface area contributed by atoms with Crippen LogP contribution >= 0.6 is 0 Å². The van der Waals surface area contributed by atoms with Crippen molar-refractivity contribution in [1.82, 2.24) is 4.98 Å². The van der Waals surface area contributed by atoms with E-state index in [-0.39, 0.29) is 0 Å². The third-order valence-corrected chi connectivity index (χ3v) is 2.77. The summed E-state index contributed by atoms with van der Waals surface area (Å²) < 4.78 is 66.0. The number of nitrogens with zero attached hydrogens (tertiary/aromatic N) is 1. The minimum atomic E-state index is -6.09. The van der Waals surface area contributed by atoms with Crippen LogP contribution in [0.25, 0.3) is 5.69 Å². The maximum atomic E-state index is 10.7. The van der Waals surface area contributed by atoms with Crippen LogP contribution in [0.4, 0.5) is 13.2 Å². The second-order valence-electron chi connectivity index (χ2n) is 3.62. The Morgan fingerprint density at radius 3 is 2.10 bits per heavy atom.